The molecule has 0 fully saturated rings. The molecular formula is C23H18N2O2. The number of nitrogens with one attached hydrogen (secondary N) is 1. The lowest BCUT2D eigenvalue weighted by molar-refractivity contribution is -0.134. The Morgan fingerprint density at radius 1 is 1.07 bits per heavy atom. The zero-order chi connectivity index (χ0) is 18.2. The number of benzene rings is 3. The first-order valence-electron chi connectivity index (χ1n) is 9.11. The predicted molar refractivity (Wildman–Crippen MR) is 107 cm³/mol. The Bertz CT molecular complexity index is 1190. The van der Waals surface area contributed by atoms with Crippen LogP contribution in [-0.4, -0.2) is 15.9 Å². The molecule has 3 aromatic carbocycles. The maximum atomic E-state index is 12.1. The number of aromatic amines is 1. The molecular weight excluding hydrogens is 336 g/mol. The molecule has 132 valence electrons. The minimum Gasteiger partial charge on any atom is -0.426 e. The Labute approximate surface area is 156 Å². The van der Waals surface area contributed by atoms with Gasteiger partial charge in [-0.15, -0.1) is 0 Å². The summed E-state index contributed by atoms with van der Waals surface area (Å²) in [4.78, 5) is 19.1. The first-order chi connectivity index (χ1) is 13.3. The molecule has 1 aliphatic carbocycles. The summed E-state index contributed by atoms with van der Waals surface area (Å²) in [5.41, 5.74) is 3.63. The summed E-state index contributed by atoms with van der Waals surface area (Å²) in [5, 5.41) is 4.80. The number of ether oxygens (including phenoxy) is 1. The van der Waals surface area contributed by atoms with E-state index < -0.39 is 0 Å². The number of H-pyrrole nitrogens is 1. The van der Waals surface area contributed by atoms with Crippen molar-refractivity contribution in [2.45, 2.75) is 19.3 Å². The van der Waals surface area contributed by atoms with Crippen LogP contribution >= 0.6 is 0 Å². The molecule has 4 aromatic rings. The second-order valence-electron chi connectivity index (χ2n) is 6.83. The summed E-state index contributed by atoms with van der Waals surface area (Å²) < 4.78 is 5.52. The highest BCUT2D eigenvalue weighted by molar-refractivity contribution is 6.09. The maximum absolute atomic E-state index is 12.1. The highest BCUT2D eigenvalue weighted by Crippen LogP contribution is 2.34. The van der Waals surface area contributed by atoms with E-state index in [0.29, 0.717) is 18.6 Å². The zero-order valence-electron chi connectivity index (χ0n) is 14.7. The Hall–Kier alpha value is -3.40. The smallest absolute Gasteiger partial charge is 0.311 e. The van der Waals surface area contributed by atoms with Crippen LogP contribution in [0.2, 0.25) is 0 Å². The second-order valence-corrected chi connectivity index (χ2v) is 6.83. The lowest BCUT2D eigenvalue weighted by atomic mass is 9.96. The van der Waals surface area contributed by atoms with E-state index >= 15 is 0 Å². The fourth-order valence-corrected chi connectivity index (χ4v) is 3.80. The summed E-state index contributed by atoms with van der Waals surface area (Å²) in [6.07, 6.45) is 9.63. The van der Waals surface area contributed by atoms with Gasteiger partial charge in [0.25, 0.3) is 0 Å². The third-order valence-corrected chi connectivity index (χ3v) is 5.14. The number of esters is 1. The number of hydrogen-bond donors (Lipinski definition) is 1. The van der Waals surface area contributed by atoms with E-state index in [1.54, 1.807) is 12.5 Å². The van der Waals surface area contributed by atoms with Gasteiger partial charge in [-0.25, -0.2) is 4.98 Å². The summed E-state index contributed by atoms with van der Waals surface area (Å²) in [5.74, 6) is 0.341. The van der Waals surface area contributed by atoms with Crippen LogP contribution in [-0.2, 0) is 17.6 Å². The van der Waals surface area contributed by atoms with Gasteiger partial charge < -0.3 is 9.72 Å². The van der Waals surface area contributed by atoms with Crippen molar-refractivity contribution in [1.29, 1.82) is 0 Å². The van der Waals surface area contributed by atoms with Crippen molar-refractivity contribution < 1.29 is 9.53 Å². The lowest BCUT2D eigenvalue weighted by Gasteiger charge is -2.10. The van der Waals surface area contributed by atoms with Crippen molar-refractivity contribution in [3.8, 4) is 5.75 Å². The van der Waals surface area contributed by atoms with Gasteiger partial charge in [0.15, 0.2) is 0 Å². The van der Waals surface area contributed by atoms with Crippen LogP contribution in [0.5, 0.6) is 5.75 Å². The second kappa shape index (κ2) is 6.40. The number of nitrogens with zero attached hydrogens (tertiary/aromatic N) is 1. The molecule has 0 aliphatic heterocycles. The van der Waals surface area contributed by atoms with Crippen molar-refractivity contribution in [3.63, 3.8) is 0 Å². The maximum Gasteiger partial charge on any atom is 0.311 e. The van der Waals surface area contributed by atoms with Crippen LogP contribution in [0.15, 0.2) is 61.1 Å². The molecule has 1 aliphatic rings. The van der Waals surface area contributed by atoms with Crippen molar-refractivity contribution in [2.24, 2.45) is 0 Å². The fraction of sp³-hybridized carbons (Fsp3) is 0.130. The summed E-state index contributed by atoms with van der Waals surface area (Å²) in [7, 11) is 0. The number of fused-ring (bicyclic) bond motifs is 5. The molecule has 5 rings (SSSR count). The highest BCUT2D eigenvalue weighted by atomic mass is 16.5. The molecule has 0 saturated carbocycles. The van der Waals surface area contributed by atoms with Gasteiger partial charge in [-0.05, 0) is 57.6 Å². The molecule has 4 nitrogen and oxygen atoms in total. The summed E-state index contributed by atoms with van der Waals surface area (Å²) in [6.45, 7) is 0. The normalized spacial score (nSPS) is 12.6. The molecule has 0 spiro atoms. The van der Waals surface area contributed by atoms with Crippen LogP contribution in [0.1, 0.15) is 23.2 Å². The Kier molecular flexibility index (Phi) is 3.75. The van der Waals surface area contributed by atoms with Crippen LogP contribution < -0.4 is 4.74 Å². The van der Waals surface area contributed by atoms with Crippen molar-refractivity contribution >= 4 is 33.6 Å². The molecule has 0 amide bonds. The topological polar surface area (TPSA) is 55.0 Å². The summed E-state index contributed by atoms with van der Waals surface area (Å²) in [6, 6.07) is 14.5. The van der Waals surface area contributed by atoms with Crippen LogP contribution in [0, 0.1) is 0 Å². The molecule has 0 radical (unpaired) electrons. The fourth-order valence-electron chi connectivity index (χ4n) is 3.80. The van der Waals surface area contributed by atoms with E-state index in [9.17, 15) is 4.79 Å². The molecule has 1 N–H and O–H groups in total. The van der Waals surface area contributed by atoms with E-state index in [1.807, 2.05) is 18.2 Å². The number of aryl methyl sites for hydroxylation is 1. The molecule has 0 bridgehead atoms. The third-order valence-electron chi connectivity index (χ3n) is 5.14. The highest BCUT2D eigenvalue weighted by Gasteiger charge is 2.12. The van der Waals surface area contributed by atoms with Gasteiger partial charge in [0.1, 0.15) is 5.75 Å². The van der Waals surface area contributed by atoms with E-state index in [2.05, 4.69) is 46.4 Å². The molecule has 4 heteroatoms. The number of aromatic nitrogens is 2. The standard InChI is InChI=1S/C23H18N2O2/c26-23(11-6-17-13-24-14-25-17)27-18-7-10-20-16(12-18)5-9-21-19-3-1-2-15(19)4-8-22(20)21/h1-2,4-5,7-10,12-14H,3,6,11H2,(H,24,25). The first-order valence-corrected chi connectivity index (χ1v) is 9.11. The first kappa shape index (κ1) is 15.8. The lowest BCUT2D eigenvalue weighted by Crippen LogP contribution is -2.09. The van der Waals surface area contributed by atoms with Gasteiger partial charge in [0.05, 0.1) is 12.7 Å². The Morgan fingerprint density at radius 3 is 2.85 bits per heavy atom. The van der Waals surface area contributed by atoms with Crippen molar-refractivity contribution in [1.82, 2.24) is 9.97 Å². The van der Waals surface area contributed by atoms with E-state index in [4.69, 9.17) is 4.74 Å². The van der Waals surface area contributed by atoms with Gasteiger partial charge in [-0.2, -0.15) is 0 Å². The number of carbonyl (C=O) groups excluding carboxylic acids is 1. The SMILES string of the molecule is O=C(CCc1cnc[nH]1)Oc1ccc2c(ccc3c4c(ccc32)C=CC4)c1. The number of rotatable bonds is 4. The van der Waals surface area contributed by atoms with Crippen LogP contribution in [0.4, 0.5) is 0 Å². The monoisotopic (exact) mass is 354 g/mol. The molecule has 0 saturated heterocycles. The van der Waals surface area contributed by atoms with Crippen LogP contribution in [0.3, 0.4) is 0 Å². The minimum atomic E-state index is -0.242. The van der Waals surface area contributed by atoms with E-state index in [0.717, 1.165) is 17.5 Å². The average molecular weight is 354 g/mol. The van der Waals surface area contributed by atoms with Crippen molar-refractivity contribution in [2.75, 3.05) is 0 Å². The van der Waals surface area contributed by atoms with Gasteiger partial charge in [0.2, 0.25) is 0 Å². The van der Waals surface area contributed by atoms with E-state index in [1.165, 1.54) is 27.3 Å². The third kappa shape index (κ3) is 2.89. The number of hydrogen-bond acceptors (Lipinski definition) is 3. The molecule has 0 atom stereocenters. The Morgan fingerprint density at radius 2 is 1.96 bits per heavy atom. The quantitative estimate of drug-likeness (QED) is 0.325. The minimum absolute atomic E-state index is 0.242. The molecule has 1 heterocycles. The molecule has 0 unspecified atom stereocenters. The van der Waals surface area contributed by atoms with Gasteiger partial charge >= 0.3 is 5.97 Å². The van der Waals surface area contributed by atoms with Crippen LogP contribution in [0.25, 0.3) is 27.6 Å². The molecule has 1 aromatic heterocycles. The molecule has 27 heavy (non-hydrogen) atoms. The van der Waals surface area contributed by atoms with E-state index in [-0.39, 0.29) is 5.97 Å². The van der Waals surface area contributed by atoms with Gasteiger partial charge in [-0.1, -0.05) is 42.5 Å². The number of allylic oxidation sites excluding steroid dienone is 1. The van der Waals surface area contributed by atoms with Gasteiger partial charge in [0, 0.05) is 11.9 Å². The van der Waals surface area contributed by atoms with Gasteiger partial charge in [-0.3, -0.25) is 4.79 Å². The number of imidazole rings is 1. The predicted octanol–water partition coefficient (Wildman–Crippen LogP) is 4.82. The summed E-state index contributed by atoms with van der Waals surface area (Å²) >= 11 is 0. The average Bonchev–Trinajstić information content (AvgIpc) is 3.37. The Balaban J connectivity index is 1.41. The largest absolute Gasteiger partial charge is 0.426 e. The zero-order valence-corrected chi connectivity index (χ0v) is 14.7. The van der Waals surface area contributed by atoms with Crippen molar-refractivity contribution in [3.05, 3.63) is 77.9 Å². The number of carbonyl (C=O) groups is 1.